The first-order valence-electron chi connectivity index (χ1n) is 13.9. The van der Waals surface area contributed by atoms with E-state index < -0.39 is 0 Å². The molecule has 6 aromatic heterocycles. The topological polar surface area (TPSA) is 203 Å². The predicted octanol–water partition coefficient (Wildman–Crippen LogP) is 1.73. The zero-order valence-electron chi connectivity index (χ0n) is 25.0. The number of carbonyl (C=O) groups excluding carboxylic acids is 4. The minimum absolute atomic E-state index is 0. The molecule has 16 nitrogen and oxygen atoms in total. The van der Waals surface area contributed by atoms with Crippen molar-refractivity contribution in [1.29, 1.82) is 0 Å². The molecule has 0 aliphatic heterocycles. The Morgan fingerprint density at radius 3 is 1.38 bits per heavy atom. The second kappa shape index (κ2) is 15.9. The molecule has 6 aromatic rings. The molecule has 0 aliphatic rings. The van der Waals surface area contributed by atoms with Crippen molar-refractivity contribution in [2.45, 2.75) is 13.8 Å². The van der Waals surface area contributed by atoms with E-state index in [0.29, 0.717) is 34.4 Å². The van der Waals surface area contributed by atoms with Gasteiger partial charge in [0.1, 0.15) is 11.4 Å². The van der Waals surface area contributed by atoms with E-state index in [9.17, 15) is 19.2 Å². The number of hydrogen-bond acceptors (Lipinski definition) is 10. The summed E-state index contributed by atoms with van der Waals surface area (Å²) in [6, 6.07) is 18.2. The van der Waals surface area contributed by atoms with Gasteiger partial charge in [-0.25, -0.2) is 0 Å². The molecule has 0 radical (unpaired) electrons. The van der Waals surface area contributed by atoms with E-state index in [-0.39, 0.29) is 57.8 Å². The zero-order valence-corrected chi connectivity index (χ0v) is 27.3. The maximum absolute atomic E-state index is 11.6. The number of amides is 4. The van der Waals surface area contributed by atoms with Crippen molar-refractivity contribution in [3.63, 3.8) is 0 Å². The Labute approximate surface area is 281 Å². The molecule has 0 saturated heterocycles. The molecule has 4 N–H and O–H groups in total. The monoisotopic (exact) mass is 815 g/mol. The number of fused-ring (bicyclic) bond motifs is 2. The molecule has 0 fully saturated rings. The number of anilines is 2. The average molecular weight is 816 g/mol. The summed E-state index contributed by atoms with van der Waals surface area (Å²) in [5.41, 5.74) is 3.83. The smallest absolute Gasteiger partial charge is 0.347 e. The number of nitrogens with one attached hydrogen (secondary N) is 4. The summed E-state index contributed by atoms with van der Waals surface area (Å²) in [6.45, 7) is 2.55. The van der Waals surface area contributed by atoms with Gasteiger partial charge in [-0.05, 0) is 48.5 Å². The second-order valence-electron chi connectivity index (χ2n) is 9.68. The van der Waals surface area contributed by atoms with Crippen LogP contribution in [0.3, 0.4) is 0 Å². The number of rotatable bonds is 8. The fourth-order valence-electron chi connectivity index (χ4n) is 4.05. The van der Waals surface area contributed by atoms with Crippen LogP contribution in [-0.2, 0) is 40.2 Å². The third-order valence-electron chi connectivity index (χ3n) is 6.18. The van der Waals surface area contributed by atoms with Crippen LogP contribution in [0.5, 0.6) is 0 Å². The molecule has 47 heavy (non-hydrogen) atoms. The van der Waals surface area contributed by atoms with E-state index in [4.69, 9.17) is 0 Å². The number of carbonyl (C=O) groups is 4. The fourth-order valence-corrected chi connectivity index (χ4v) is 4.05. The van der Waals surface area contributed by atoms with Crippen molar-refractivity contribution in [3.05, 3.63) is 85.5 Å². The van der Waals surface area contributed by atoms with Crippen LogP contribution in [0.25, 0.3) is 34.3 Å². The van der Waals surface area contributed by atoms with Gasteiger partial charge in [0.25, 0.3) is 0 Å². The second-order valence-corrected chi connectivity index (χ2v) is 9.68. The van der Waals surface area contributed by atoms with E-state index >= 15 is 0 Å². The van der Waals surface area contributed by atoms with Crippen molar-refractivity contribution in [2.75, 3.05) is 23.7 Å². The number of aromatic nitrogens is 8. The molecule has 6 rings (SSSR count). The Morgan fingerprint density at radius 1 is 0.596 bits per heavy atom. The van der Waals surface area contributed by atoms with Crippen LogP contribution in [0, 0.1) is 0 Å². The van der Waals surface area contributed by atoms with Gasteiger partial charge in [0, 0.05) is 26.2 Å². The predicted molar refractivity (Wildman–Crippen MR) is 167 cm³/mol. The molecule has 0 saturated carbocycles. The van der Waals surface area contributed by atoms with Crippen molar-refractivity contribution in [1.82, 2.24) is 49.8 Å². The number of nitrogens with zero attached hydrogens (tertiary/aromatic N) is 8. The molecule has 0 spiro atoms. The molecule has 0 atom stereocenters. The largest absolute Gasteiger partial charge is 2.00 e. The molecular weight excluding hydrogens is 787 g/mol. The van der Waals surface area contributed by atoms with Crippen LogP contribution < -0.4 is 21.3 Å². The van der Waals surface area contributed by atoms with Crippen LogP contribution in [0.1, 0.15) is 13.8 Å². The summed E-state index contributed by atoms with van der Waals surface area (Å²) in [7, 11) is 0. The van der Waals surface area contributed by atoms with E-state index in [1.807, 2.05) is 57.6 Å². The summed E-state index contributed by atoms with van der Waals surface area (Å²) in [4.78, 5) is 53.4. The summed E-state index contributed by atoms with van der Waals surface area (Å²) < 4.78 is 3.66. The third kappa shape index (κ3) is 9.08. The van der Waals surface area contributed by atoms with E-state index in [1.54, 1.807) is 24.3 Å². The molecule has 0 bridgehead atoms. The van der Waals surface area contributed by atoms with Crippen LogP contribution in [0.2, 0.25) is 0 Å². The standard InChI is InChI=1S/2C15H14N6O2.Pt/c2*1-10(22)16-9-14(23)18-11-5-6-12(17-8-11)15-20-19-13-4-2-3-7-21(13)15;/h2*2-8H,9H2,1H3,(H,16,22)(H,18,23);/q;;+2. The Morgan fingerprint density at radius 2 is 1.02 bits per heavy atom. The maximum atomic E-state index is 11.6. The first-order valence-corrected chi connectivity index (χ1v) is 13.9. The molecule has 4 amide bonds. The Balaban J connectivity index is 0.000000208. The van der Waals surface area contributed by atoms with Crippen LogP contribution >= 0.6 is 0 Å². The summed E-state index contributed by atoms with van der Waals surface area (Å²) in [6.07, 6.45) is 6.78. The molecule has 6 heterocycles. The van der Waals surface area contributed by atoms with Gasteiger partial charge < -0.3 is 21.3 Å². The van der Waals surface area contributed by atoms with Gasteiger partial charge in [-0.3, -0.25) is 37.9 Å². The zero-order chi connectivity index (χ0) is 32.5. The SMILES string of the molecule is CC(=O)NCC(=O)Nc1ccc(-c2nnc3ccccn23)nc1.CC(=O)NCC(=O)Nc1ccc(-c2nnc3ccccn23)nc1.[Pt+2]. The van der Waals surface area contributed by atoms with E-state index in [0.717, 1.165) is 11.3 Å². The Bertz CT molecular complexity index is 1860. The quantitative estimate of drug-likeness (QED) is 0.175. The normalized spacial score (nSPS) is 10.3. The van der Waals surface area contributed by atoms with Crippen LogP contribution in [0.4, 0.5) is 11.4 Å². The fraction of sp³-hybridized carbons (Fsp3) is 0.133. The molecule has 0 aliphatic carbocycles. The van der Waals surface area contributed by atoms with Gasteiger partial charge in [0.15, 0.2) is 22.9 Å². The first kappa shape index (κ1) is 34.0. The van der Waals surface area contributed by atoms with Crippen molar-refractivity contribution in [3.8, 4) is 23.0 Å². The molecule has 17 heteroatoms. The van der Waals surface area contributed by atoms with Gasteiger partial charge in [-0.2, -0.15) is 0 Å². The van der Waals surface area contributed by atoms with Crippen molar-refractivity contribution < 1.29 is 40.2 Å². The number of pyridine rings is 4. The maximum Gasteiger partial charge on any atom is 2.00 e. The first-order chi connectivity index (χ1) is 22.3. The Kier molecular flexibility index (Phi) is 11.5. The summed E-state index contributed by atoms with van der Waals surface area (Å²) in [5, 5.41) is 26.5. The van der Waals surface area contributed by atoms with Crippen molar-refractivity contribution in [2.24, 2.45) is 0 Å². The number of hydrogen-bond donors (Lipinski definition) is 4. The summed E-state index contributed by atoms with van der Waals surface area (Å²) >= 11 is 0. The van der Waals surface area contributed by atoms with Gasteiger partial charge in [-0.15, -0.1) is 20.4 Å². The van der Waals surface area contributed by atoms with Crippen molar-refractivity contribution >= 4 is 46.3 Å². The minimum atomic E-state index is -0.317. The molecule has 0 aromatic carbocycles. The van der Waals surface area contributed by atoms with Crippen LogP contribution in [0.15, 0.2) is 85.5 Å². The van der Waals surface area contributed by atoms with Crippen LogP contribution in [-0.4, -0.2) is 75.9 Å². The van der Waals surface area contributed by atoms with Gasteiger partial charge in [0.05, 0.1) is 36.9 Å². The molecule has 0 unspecified atom stereocenters. The third-order valence-corrected chi connectivity index (χ3v) is 6.18. The minimum Gasteiger partial charge on any atom is -0.347 e. The van der Waals surface area contributed by atoms with E-state index in [2.05, 4.69) is 51.6 Å². The van der Waals surface area contributed by atoms with Gasteiger partial charge in [-0.1, -0.05) is 12.1 Å². The summed E-state index contributed by atoms with van der Waals surface area (Å²) in [5.74, 6) is 0.0958. The Hall–Kier alpha value is -5.89. The van der Waals surface area contributed by atoms with Gasteiger partial charge >= 0.3 is 21.1 Å². The average Bonchev–Trinajstić information content (AvgIpc) is 3.69. The molecular formula is C30H28N12O4Pt+2. The van der Waals surface area contributed by atoms with E-state index in [1.165, 1.54) is 26.2 Å². The van der Waals surface area contributed by atoms with Gasteiger partial charge in [0.2, 0.25) is 23.6 Å². The molecule has 240 valence electrons.